The van der Waals surface area contributed by atoms with Gasteiger partial charge in [0.2, 0.25) is 11.8 Å². The van der Waals surface area contributed by atoms with Crippen LogP contribution in [0.4, 0.5) is 5.69 Å². The van der Waals surface area contributed by atoms with Crippen molar-refractivity contribution in [3.05, 3.63) is 130 Å². The maximum absolute atomic E-state index is 14.7. The number of carbonyl (C=O) groups excluding carboxylic acids is 2. The minimum Gasteiger partial charge on any atom is -0.352 e. The Morgan fingerprint density at radius 3 is 2.13 bits per heavy atom. The number of carbonyl (C=O) groups is 2. The highest BCUT2D eigenvalue weighted by Gasteiger charge is 2.36. The molecular weight excluding hydrogens is 618 g/mol. The zero-order valence-corrected chi connectivity index (χ0v) is 27.8. The van der Waals surface area contributed by atoms with E-state index >= 15 is 0 Å². The summed E-state index contributed by atoms with van der Waals surface area (Å²) in [6, 6.07) is 29.5. The molecule has 0 radical (unpaired) electrons. The quantitative estimate of drug-likeness (QED) is 0.181. The van der Waals surface area contributed by atoms with Crippen molar-refractivity contribution >= 4 is 39.1 Å². The van der Waals surface area contributed by atoms with Crippen molar-refractivity contribution < 1.29 is 18.0 Å². The first-order valence-electron chi connectivity index (χ1n) is 15.7. The van der Waals surface area contributed by atoms with Gasteiger partial charge in [0.05, 0.1) is 10.6 Å². The second-order valence-corrected chi connectivity index (χ2v) is 14.2. The van der Waals surface area contributed by atoms with Crippen molar-refractivity contribution in [3.63, 3.8) is 0 Å². The summed E-state index contributed by atoms with van der Waals surface area (Å²) in [7, 11) is -4.18. The Labute approximate surface area is 277 Å². The van der Waals surface area contributed by atoms with Crippen LogP contribution in [0, 0.1) is 13.8 Å². The first-order chi connectivity index (χ1) is 22.1. The minimum absolute atomic E-state index is 0.0489. The maximum Gasteiger partial charge on any atom is 0.264 e. The largest absolute Gasteiger partial charge is 0.352 e. The van der Waals surface area contributed by atoms with Crippen molar-refractivity contribution in [2.45, 2.75) is 69.5 Å². The number of rotatable bonds is 12. The van der Waals surface area contributed by atoms with Crippen LogP contribution in [0.3, 0.4) is 0 Å². The van der Waals surface area contributed by atoms with Gasteiger partial charge in [-0.1, -0.05) is 97.2 Å². The monoisotopic (exact) mass is 657 g/mol. The van der Waals surface area contributed by atoms with E-state index in [-0.39, 0.29) is 29.8 Å². The van der Waals surface area contributed by atoms with Gasteiger partial charge in [-0.25, -0.2) is 8.42 Å². The number of halogens is 1. The predicted octanol–water partition coefficient (Wildman–Crippen LogP) is 6.85. The molecule has 0 aliphatic heterocycles. The van der Waals surface area contributed by atoms with Gasteiger partial charge in [0, 0.05) is 24.0 Å². The van der Waals surface area contributed by atoms with E-state index in [2.05, 4.69) is 5.32 Å². The van der Waals surface area contributed by atoms with Gasteiger partial charge in [0.25, 0.3) is 10.0 Å². The lowest BCUT2D eigenvalue weighted by Gasteiger charge is -2.35. The van der Waals surface area contributed by atoms with Gasteiger partial charge in [0.15, 0.2) is 0 Å². The molecule has 1 N–H and O–H groups in total. The molecule has 1 atom stereocenters. The highest BCUT2D eigenvalue weighted by atomic mass is 35.5. The van der Waals surface area contributed by atoms with Gasteiger partial charge in [0.1, 0.15) is 12.6 Å². The van der Waals surface area contributed by atoms with Crippen LogP contribution in [0.15, 0.2) is 108 Å². The Morgan fingerprint density at radius 2 is 1.48 bits per heavy atom. The van der Waals surface area contributed by atoms with Crippen LogP contribution >= 0.6 is 11.6 Å². The molecule has 1 fully saturated rings. The number of amides is 2. The topological polar surface area (TPSA) is 86.8 Å². The summed E-state index contributed by atoms with van der Waals surface area (Å²) in [5, 5.41) is 3.67. The molecule has 4 aromatic carbocycles. The first-order valence-corrected chi connectivity index (χ1v) is 17.5. The number of nitrogens with one attached hydrogen (secondary N) is 1. The van der Waals surface area contributed by atoms with E-state index < -0.39 is 28.5 Å². The fourth-order valence-electron chi connectivity index (χ4n) is 6.02. The van der Waals surface area contributed by atoms with Crippen molar-refractivity contribution in [2.24, 2.45) is 0 Å². The lowest BCUT2D eigenvalue weighted by atomic mass is 10.0. The molecule has 7 nitrogen and oxygen atoms in total. The van der Waals surface area contributed by atoms with Gasteiger partial charge in [-0.05, 0) is 79.3 Å². The average molecular weight is 658 g/mol. The first kappa shape index (κ1) is 33.2. The Balaban J connectivity index is 1.59. The lowest BCUT2D eigenvalue weighted by Crippen LogP contribution is -2.54. The smallest absolute Gasteiger partial charge is 0.264 e. The fourth-order valence-corrected chi connectivity index (χ4v) is 7.75. The second-order valence-electron chi connectivity index (χ2n) is 11.9. The Kier molecular flexibility index (Phi) is 10.8. The number of sulfonamides is 1. The Hall–Kier alpha value is -4.14. The van der Waals surface area contributed by atoms with E-state index in [1.165, 1.54) is 12.1 Å². The molecule has 4 aromatic rings. The predicted molar refractivity (Wildman–Crippen MR) is 183 cm³/mol. The van der Waals surface area contributed by atoms with Crippen LogP contribution < -0.4 is 9.62 Å². The zero-order valence-electron chi connectivity index (χ0n) is 26.2. The zero-order chi connectivity index (χ0) is 32.7. The van der Waals surface area contributed by atoms with E-state index in [4.69, 9.17) is 11.6 Å². The van der Waals surface area contributed by atoms with Gasteiger partial charge in [-0.2, -0.15) is 0 Å². The molecule has 9 heteroatoms. The molecule has 0 aromatic heterocycles. The molecule has 0 bridgehead atoms. The second kappa shape index (κ2) is 15.0. The van der Waals surface area contributed by atoms with Crippen LogP contribution in [0.25, 0.3) is 0 Å². The number of benzene rings is 4. The standard InChI is InChI=1S/C37H40ClN3O4S/c1-27-13-9-10-16-30(27)25-40(35(24-29-14-5-3-6-15-29)37(43)39-32-17-11-12-18-32)36(42)26-41(34-22-21-31(38)23-28(34)2)46(44,45)33-19-7-4-8-20-33/h3-10,13-16,19-23,32,35H,11-12,17-18,24-26H2,1-2H3,(H,39,43)/t35-/m1/s1. The lowest BCUT2D eigenvalue weighted by molar-refractivity contribution is -0.140. The summed E-state index contributed by atoms with van der Waals surface area (Å²) >= 11 is 6.25. The summed E-state index contributed by atoms with van der Waals surface area (Å²) in [5.74, 6) is -0.725. The highest BCUT2D eigenvalue weighted by Crippen LogP contribution is 2.30. The Morgan fingerprint density at radius 1 is 0.848 bits per heavy atom. The molecule has 240 valence electrons. The summed E-state index contributed by atoms with van der Waals surface area (Å²) in [6.45, 7) is 3.36. The molecule has 0 spiro atoms. The molecule has 1 saturated carbocycles. The number of nitrogens with zero attached hydrogens (tertiary/aromatic N) is 2. The maximum atomic E-state index is 14.7. The normalized spacial score (nSPS) is 14.1. The number of anilines is 1. The van der Waals surface area contributed by atoms with E-state index in [1.807, 2.05) is 61.5 Å². The third-order valence-electron chi connectivity index (χ3n) is 8.61. The van der Waals surface area contributed by atoms with Gasteiger partial charge >= 0.3 is 0 Å². The average Bonchev–Trinajstić information content (AvgIpc) is 3.56. The number of hydrogen-bond acceptors (Lipinski definition) is 4. The molecule has 46 heavy (non-hydrogen) atoms. The molecule has 0 heterocycles. The minimum atomic E-state index is -4.18. The fraction of sp³-hybridized carbons (Fsp3) is 0.297. The third-order valence-corrected chi connectivity index (χ3v) is 10.6. The Bertz CT molecular complexity index is 1760. The summed E-state index contributed by atoms with van der Waals surface area (Å²) < 4.78 is 29.6. The van der Waals surface area contributed by atoms with Crippen LogP contribution in [0.1, 0.15) is 47.9 Å². The molecule has 0 saturated heterocycles. The molecule has 2 amide bonds. The molecule has 1 aliphatic carbocycles. The number of hydrogen-bond donors (Lipinski definition) is 1. The van der Waals surface area contributed by atoms with Crippen LogP contribution in [0.5, 0.6) is 0 Å². The highest BCUT2D eigenvalue weighted by molar-refractivity contribution is 7.92. The van der Waals surface area contributed by atoms with Crippen LogP contribution in [-0.4, -0.2) is 43.8 Å². The van der Waals surface area contributed by atoms with Crippen molar-refractivity contribution in [1.29, 1.82) is 0 Å². The van der Waals surface area contributed by atoms with Crippen molar-refractivity contribution in [2.75, 3.05) is 10.8 Å². The van der Waals surface area contributed by atoms with Gasteiger partial charge in [-0.15, -0.1) is 0 Å². The van der Waals surface area contributed by atoms with Crippen molar-refractivity contribution in [1.82, 2.24) is 10.2 Å². The van der Waals surface area contributed by atoms with Crippen LogP contribution in [-0.2, 0) is 32.6 Å². The van der Waals surface area contributed by atoms with Crippen LogP contribution in [0.2, 0.25) is 5.02 Å². The van der Waals surface area contributed by atoms with E-state index in [0.29, 0.717) is 16.3 Å². The summed E-state index contributed by atoms with van der Waals surface area (Å²) in [6.07, 6.45) is 4.17. The van der Waals surface area contributed by atoms with E-state index in [0.717, 1.165) is 46.7 Å². The van der Waals surface area contributed by atoms with Crippen molar-refractivity contribution in [3.8, 4) is 0 Å². The molecule has 0 unspecified atom stereocenters. The summed E-state index contributed by atoms with van der Waals surface area (Å²) in [5.41, 5.74) is 3.69. The molecule has 5 rings (SSSR count). The van der Waals surface area contributed by atoms with E-state index in [1.54, 1.807) is 48.2 Å². The summed E-state index contributed by atoms with van der Waals surface area (Å²) in [4.78, 5) is 30.4. The number of aryl methyl sites for hydroxylation is 2. The molecular formula is C37H40ClN3O4S. The molecule has 1 aliphatic rings. The van der Waals surface area contributed by atoms with Gasteiger partial charge < -0.3 is 10.2 Å². The third kappa shape index (κ3) is 7.98. The SMILES string of the molecule is Cc1ccccc1CN(C(=O)CN(c1ccc(Cl)cc1C)S(=O)(=O)c1ccccc1)[C@H](Cc1ccccc1)C(=O)NC1CCCC1. The van der Waals surface area contributed by atoms with Gasteiger partial charge in [-0.3, -0.25) is 13.9 Å². The van der Waals surface area contributed by atoms with E-state index in [9.17, 15) is 18.0 Å².